The molecular weight excluding hydrogens is 227 g/mol. The number of halogens is 2. The second-order valence-corrected chi connectivity index (χ2v) is 4.06. The van der Waals surface area contributed by atoms with Crippen LogP contribution in [0.1, 0.15) is 5.56 Å². The minimum absolute atomic E-state index is 0.00862. The van der Waals surface area contributed by atoms with E-state index in [0.29, 0.717) is 5.56 Å². The van der Waals surface area contributed by atoms with Crippen molar-refractivity contribution in [1.82, 2.24) is 0 Å². The molecule has 0 aliphatic rings. The molecule has 16 heavy (non-hydrogen) atoms. The molecule has 0 radical (unpaired) electrons. The van der Waals surface area contributed by atoms with E-state index in [9.17, 15) is 9.50 Å². The Morgan fingerprint density at radius 1 is 1.19 bits per heavy atom. The van der Waals surface area contributed by atoms with Crippen LogP contribution in [0.5, 0.6) is 5.75 Å². The van der Waals surface area contributed by atoms with Gasteiger partial charge in [0.05, 0.1) is 5.02 Å². The molecular formula is C13H10ClFO. The van der Waals surface area contributed by atoms with Crippen LogP contribution in [0.2, 0.25) is 5.02 Å². The minimum atomic E-state index is -0.615. The second kappa shape index (κ2) is 4.14. The topological polar surface area (TPSA) is 20.2 Å². The third-order valence-corrected chi connectivity index (χ3v) is 2.66. The smallest absolute Gasteiger partial charge is 0.145 e. The molecule has 0 spiro atoms. The van der Waals surface area contributed by atoms with Crippen molar-refractivity contribution in [2.75, 3.05) is 0 Å². The zero-order chi connectivity index (χ0) is 11.7. The fraction of sp³-hybridized carbons (Fsp3) is 0.0769. The number of rotatable bonds is 1. The summed E-state index contributed by atoms with van der Waals surface area (Å²) in [6.45, 7) is 1.95. The number of aryl methyl sites for hydroxylation is 1. The number of benzene rings is 2. The van der Waals surface area contributed by atoms with Crippen LogP contribution >= 0.6 is 11.6 Å². The van der Waals surface area contributed by atoms with Crippen LogP contribution in [0.4, 0.5) is 4.39 Å². The molecule has 0 amide bonds. The molecule has 1 N–H and O–H groups in total. The lowest BCUT2D eigenvalue weighted by atomic mass is 10.0. The van der Waals surface area contributed by atoms with Crippen molar-refractivity contribution in [1.29, 1.82) is 0 Å². The van der Waals surface area contributed by atoms with Gasteiger partial charge in [-0.25, -0.2) is 4.39 Å². The lowest BCUT2D eigenvalue weighted by Crippen LogP contribution is -1.84. The largest absolute Gasteiger partial charge is 0.507 e. The molecule has 3 heteroatoms. The van der Waals surface area contributed by atoms with Crippen LogP contribution < -0.4 is 0 Å². The Balaban J connectivity index is 2.60. The predicted octanol–water partition coefficient (Wildman–Crippen LogP) is 4.16. The maximum absolute atomic E-state index is 13.1. The molecule has 0 atom stereocenters. The molecule has 2 rings (SSSR count). The fourth-order valence-electron chi connectivity index (χ4n) is 1.58. The minimum Gasteiger partial charge on any atom is -0.507 e. The van der Waals surface area contributed by atoms with Gasteiger partial charge in [0.25, 0.3) is 0 Å². The van der Waals surface area contributed by atoms with E-state index in [0.717, 1.165) is 17.2 Å². The Kier molecular flexibility index (Phi) is 2.84. The summed E-state index contributed by atoms with van der Waals surface area (Å²) in [7, 11) is 0. The first-order chi connectivity index (χ1) is 7.58. The highest BCUT2D eigenvalue weighted by Crippen LogP contribution is 2.33. The van der Waals surface area contributed by atoms with E-state index in [2.05, 4.69) is 0 Å². The second-order valence-electron chi connectivity index (χ2n) is 3.65. The third-order valence-electron chi connectivity index (χ3n) is 2.37. The van der Waals surface area contributed by atoms with Crippen molar-refractivity contribution in [3.05, 3.63) is 52.8 Å². The molecule has 0 saturated carbocycles. The first kappa shape index (κ1) is 11.0. The van der Waals surface area contributed by atoms with Crippen molar-refractivity contribution in [2.24, 2.45) is 0 Å². The van der Waals surface area contributed by atoms with Gasteiger partial charge in [0.15, 0.2) is 0 Å². The van der Waals surface area contributed by atoms with E-state index in [1.165, 1.54) is 6.07 Å². The Hall–Kier alpha value is -1.54. The van der Waals surface area contributed by atoms with Gasteiger partial charge in [0.2, 0.25) is 0 Å². The summed E-state index contributed by atoms with van der Waals surface area (Å²) in [5.41, 5.74) is 2.42. The molecule has 0 aliphatic carbocycles. The van der Waals surface area contributed by atoms with Crippen molar-refractivity contribution in [2.45, 2.75) is 6.92 Å². The molecule has 0 aromatic heterocycles. The van der Waals surface area contributed by atoms with Crippen molar-refractivity contribution in [3.63, 3.8) is 0 Å². The Labute approximate surface area is 98.1 Å². The van der Waals surface area contributed by atoms with Crippen molar-refractivity contribution >= 4 is 11.6 Å². The fourth-order valence-corrected chi connectivity index (χ4v) is 1.74. The van der Waals surface area contributed by atoms with Gasteiger partial charge in [0.1, 0.15) is 11.6 Å². The summed E-state index contributed by atoms with van der Waals surface area (Å²) in [6, 6.07) is 10.0. The standard InChI is InChI=1S/C13H10ClFO/c1-8-3-2-4-9(5-8)10-6-11(14)12(15)7-13(10)16/h2-7,16H,1H3. The van der Waals surface area contributed by atoms with E-state index in [1.807, 2.05) is 31.2 Å². The molecule has 0 bridgehead atoms. The Morgan fingerprint density at radius 3 is 2.62 bits per heavy atom. The van der Waals surface area contributed by atoms with Crippen LogP contribution in [0.3, 0.4) is 0 Å². The van der Waals surface area contributed by atoms with E-state index in [-0.39, 0.29) is 10.8 Å². The number of hydrogen-bond donors (Lipinski definition) is 1. The molecule has 0 fully saturated rings. The highest BCUT2D eigenvalue weighted by atomic mass is 35.5. The monoisotopic (exact) mass is 236 g/mol. The van der Waals surface area contributed by atoms with Gasteiger partial charge in [-0.2, -0.15) is 0 Å². The highest BCUT2D eigenvalue weighted by Gasteiger charge is 2.09. The van der Waals surface area contributed by atoms with Crippen molar-refractivity contribution in [3.8, 4) is 16.9 Å². The molecule has 82 valence electrons. The summed E-state index contributed by atoms with van der Waals surface area (Å²) in [5.74, 6) is -0.719. The quantitative estimate of drug-likeness (QED) is 0.788. The van der Waals surface area contributed by atoms with Crippen LogP contribution in [0, 0.1) is 12.7 Å². The third kappa shape index (κ3) is 2.02. The van der Waals surface area contributed by atoms with E-state index in [4.69, 9.17) is 11.6 Å². The van der Waals surface area contributed by atoms with Gasteiger partial charge in [0, 0.05) is 11.6 Å². The first-order valence-corrected chi connectivity index (χ1v) is 5.21. The van der Waals surface area contributed by atoms with Gasteiger partial charge in [-0.1, -0.05) is 41.4 Å². The average Bonchev–Trinajstić information content (AvgIpc) is 2.23. The van der Waals surface area contributed by atoms with Gasteiger partial charge >= 0.3 is 0 Å². The SMILES string of the molecule is Cc1cccc(-c2cc(Cl)c(F)cc2O)c1. The number of phenolic OH excluding ortho intramolecular Hbond substituents is 1. The lowest BCUT2D eigenvalue weighted by Gasteiger charge is -2.07. The molecule has 0 aliphatic heterocycles. The van der Waals surface area contributed by atoms with Crippen LogP contribution in [0.25, 0.3) is 11.1 Å². The summed E-state index contributed by atoms with van der Waals surface area (Å²) in [5, 5.41) is 9.67. The van der Waals surface area contributed by atoms with Gasteiger partial charge in [-0.3, -0.25) is 0 Å². The maximum atomic E-state index is 13.1. The number of hydrogen-bond acceptors (Lipinski definition) is 1. The van der Waals surface area contributed by atoms with Gasteiger partial charge in [-0.05, 0) is 18.6 Å². The summed E-state index contributed by atoms with van der Waals surface area (Å²) in [4.78, 5) is 0. The molecule has 0 heterocycles. The number of aromatic hydroxyl groups is 1. The van der Waals surface area contributed by atoms with Crippen LogP contribution in [-0.4, -0.2) is 5.11 Å². The summed E-state index contributed by atoms with van der Waals surface area (Å²) in [6.07, 6.45) is 0. The van der Waals surface area contributed by atoms with Gasteiger partial charge in [-0.15, -0.1) is 0 Å². The lowest BCUT2D eigenvalue weighted by molar-refractivity contribution is 0.471. The zero-order valence-corrected chi connectivity index (χ0v) is 9.42. The first-order valence-electron chi connectivity index (χ1n) is 4.83. The average molecular weight is 237 g/mol. The number of phenols is 1. The molecule has 1 nitrogen and oxygen atoms in total. The van der Waals surface area contributed by atoms with Crippen LogP contribution in [0.15, 0.2) is 36.4 Å². The van der Waals surface area contributed by atoms with E-state index < -0.39 is 5.82 Å². The summed E-state index contributed by atoms with van der Waals surface area (Å²) >= 11 is 5.69. The normalized spacial score (nSPS) is 10.4. The van der Waals surface area contributed by atoms with E-state index in [1.54, 1.807) is 0 Å². The Bertz CT molecular complexity index is 537. The zero-order valence-electron chi connectivity index (χ0n) is 8.67. The molecule has 0 unspecified atom stereocenters. The van der Waals surface area contributed by atoms with Gasteiger partial charge < -0.3 is 5.11 Å². The van der Waals surface area contributed by atoms with Crippen molar-refractivity contribution < 1.29 is 9.50 Å². The molecule has 2 aromatic carbocycles. The Morgan fingerprint density at radius 2 is 1.94 bits per heavy atom. The summed E-state index contributed by atoms with van der Waals surface area (Å²) < 4.78 is 13.1. The molecule has 0 saturated heterocycles. The highest BCUT2D eigenvalue weighted by molar-refractivity contribution is 6.31. The van der Waals surface area contributed by atoms with E-state index >= 15 is 0 Å². The predicted molar refractivity (Wildman–Crippen MR) is 63.2 cm³/mol. The molecule has 2 aromatic rings. The maximum Gasteiger partial charge on any atom is 0.145 e. The van der Waals surface area contributed by atoms with Crippen LogP contribution in [-0.2, 0) is 0 Å².